The lowest BCUT2D eigenvalue weighted by Crippen LogP contribution is -2.39. The molecule has 0 spiro atoms. The van der Waals surface area contributed by atoms with Crippen LogP contribution in [0.25, 0.3) is 0 Å². The van der Waals surface area contributed by atoms with Gasteiger partial charge in [-0.3, -0.25) is 19.8 Å². The van der Waals surface area contributed by atoms with E-state index in [1.54, 1.807) is 0 Å². The van der Waals surface area contributed by atoms with Crippen molar-refractivity contribution in [2.75, 3.05) is 19.5 Å². The molecule has 1 atom stereocenters. The molecule has 2 rings (SSSR count). The number of methoxy groups -OCH3 is 1. The minimum atomic E-state index is -4.51. The number of nitrogens with zero attached hydrogens (tertiary/aromatic N) is 2. The molecule has 29 heavy (non-hydrogen) atoms. The maximum atomic E-state index is 13.2. The zero-order valence-electron chi connectivity index (χ0n) is 16.0. The van der Waals surface area contributed by atoms with Gasteiger partial charge in [-0.25, -0.2) is 0 Å². The van der Waals surface area contributed by atoms with Crippen molar-refractivity contribution in [3.05, 3.63) is 63.7 Å². The first-order chi connectivity index (χ1) is 13.5. The first-order valence-corrected chi connectivity index (χ1v) is 8.53. The maximum Gasteiger partial charge on any atom is 0.416 e. The number of nitro benzene ring substituents is 1. The molecule has 1 unspecified atom stereocenters. The average molecular weight is 411 g/mol. The zero-order valence-corrected chi connectivity index (χ0v) is 16.0. The van der Waals surface area contributed by atoms with Gasteiger partial charge in [0.05, 0.1) is 29.7 Å². The summed E-state index contributed by atoms with van der Waals surface area (Å²) in [6.07, 6.45) is -4.51. The molecular weight excluding hydrogens is 391 g/mol. The van der Waals surface area contributed by atoms with Crippen LogP contribution in [0.15, 0.2) is 42.5 Å². The second kappa shape index (κ2) is 8.91. The SMILES string of the molecule is COc1ccc(NC(=O)C(C)N(C)Cc2ccccc2C(F)(F)F)c([N+](=O)[O-])c1. The van der Waals surface area contributed by atoms with E-state index in [9.17, 15) is 28.1 Å². The van der Waals surface area contributed by atoms with Gasteiger partial charge in [0, 0.05) is 6.54 Å². The van der Waals surface area contributed by atoms with Crippen LogP contribution in [0.2, 0.25) is 0 Å². The Morgan fingerprint density at radius 2 is 1.93 bits per heavy atom. The number of halogens is 3. The molecule has 0 aliphatic heterocycles. The van der Waals surface area contributed by atoms with E-state index in [0.717, 1.165) is 6.07 Å². The number of hydrogen-bond acceptors (Lipinski definition) is 5. The van der Waals surface area contributed by atoms with Crippen LogP contribution in [0.3, 0.4) is 0 Å². The van der Waals surface area contributed by atoms with Gasteiger partial charge in [-0.2, -0.15) is 13.2 Å². The van der Waals surface area contributed by atoms with Gasteiger partial charge in [-0.05, 0) is 37.7 Å². The Balaban J connectivity index is 2.16. The second-order valence-electron chi connectivity index (χ2n) is 6.38. The van der Waals surface area contributed by atoms with Gasteiger partial charge in [0.2, 0.25) is 5.91 Å². The van der Waals surface area contributed by atoms with Crippen molar-refractivity contribution < 1.29 is 27.6 Å². The summed E-state index contributed by atoms with van der Waals surface area (Å²) < 4.78 is 44.4. The summed E-state index contributed by atoms with van der Waals surface area (Å²) in [7, 11) is 2.85. The van der Waals surface area contributed by atoms with E-state index >= 15 is 0 Å². The molecule has 0 bridgehead atoms. The second-order valence-corrected chi connectivity index (χ2v) is 6.38. The summed E-state index contributed by atoms with van der Waals surface area (Å²) in [5.41, 5.74) is -1.13. The Kier molecular flexibility index (Phi) is 6.80. The van der Waals surface area contributed by atoms with E-state index in [-0.39, 0.29) is 29.2 Å². The molecule has 0 aliphatic rings. The van der Waals surface area contributed by atoms with E-state index in [1.807, 2.05) is 0 Å². The average Bonchev–Trinajstić information content (AvgIpc) is 2.66. The van der Waals surface area contributed by atoms with Crippen LogP contribution < -0.4 is 10.1 Å². The highest BCUT2D eigenvalue weighted by atomic mass is 19.4. The molecule has 0 aromatic heterocycles. The molecule has 1 N–H and O–H groups in total. The lowest BCUT2D eigenvalue weighted by molar-refractivity contribution is -0.384. The largest absolute Gasteiger partial charge is 0.496 e. The van der Waals surface area contributed by atoms with Crippen molar-refractivity contribution in [1.82, 2.24) is 4.90 Å². The predicted molar refractivity (Wildman–Crippen MR) is 101 cm³/mol. The first-order valence-electron chi connectivity index (χ1n) is 8.53. The summed E-state index contributed by atoms with van der Waals surface area (Å²) in [6, 6.07) is 8.22. The van der Waals surface area contributed by atoms with Gasteiger partial charge in [0.25, 0.3) is 5.69 Å². The molecule has 2 aromatic carbocycles. The number of likely N-dealkylation sites (N-methyl/N-ethyl adjacent to an activating group) is 1. The van der Waals surface area contributed by atoms with Crippen molar-refractivity contribution in [1.29, 1.82) is 0 Å². The summed E-state index contributed by atoms with van der Waals surface area (Å²) in [4.78, 5) is 24.5. The Morgan fingerprint density at radius 1 is 1.28 bits per heavy atom. The summed E-state index contributed by atoms with van der Waals surface area (Å²) >= 11 is 0. The zero-order chi connectivity index (χ0) is 21.8. The minimum Gasteiger partial charge on any atom is -0.496 e. The fraction of sp³-hybridized carbons (Fsp3) is 0.316. The van der Waals surface area contributed by atoms with Gasteiger partial charge in [0.15, 0.2) is 0 Å². The van der Waals surface area contributed by atoms with Gasteiger partial charge < -0.3 is 10.1 Å². The number of rotatable bonds is 7. The topological polar surface area (TPSA) is 84.7 Å². The number of nitrogens with one attached hydrogen (secondary N) is 1. The number of carbonyl (C=O) groups excluding carboxylic acids is 1. The highest BCUT2D eigenvalue weighted by Gasteiger charge is 2.33. The highest BCUT2D eigenvalue weighted by molar-refractivity contribution is 5.96. The van der Waals surface area contributed by atoms with Crippen LogP contribution in [-0.2, 0) is 17.5 Å². The van der Waals surface area contributed by atoms with Crippen molar-refractivity contribution in [2.45, 2.75) is 25.7 Å². The lowest BCUT2D eigenvalue weighted by Gasteiger charge is -2.25. The number of ether oxygens (including phenoxy) is 1. The van der Waals surface area contributed by atoms with E-state index < -0.39 is 28.6 Å². The normalized spacial score (nSPS) is 12.5. The molecular formula is C19H20F3N3O4. The van der Waals surface area contributed by atoms with Gasteiger partial charge in [-0.15, -0.1) is 0 Å². The molecule has 1 amide bonds. The Labute approximate surface area is 165 Å². The van der Waals surface area contributed by atoms with E-state index in [1.165, 1.54) is 62.4 Å². The monoisotopic (exact) mass is 411 g/mol. The molecule has 0 fully saturated rings. The molecule has 0 saturated heterocycles. The van der Waals surface area contributed by atoms with Crippen LogP contribution in [0.5, 0.6) is 5.75 Å². The van der Waals surface area contributed by atoms with E-state index in [0.29, 0.717) is 0 Å². The first kappa shape index (κ1) is 22.2. The molecule has 0 aliphatic carbocycles. The number of amides is 1. The molecule has 0 radical (unpaired) electrons. The Hall–Kier alpha value is -3.14. The van der Waals surface area contributed by atoms with Crippen LogP contribution in [0, 0.1) is 10.1 Å². The van der Waals surface area contributed by atoms with Crippen LogP contribution >= 0.6 is 0 Å². The number of hydrogen-bond donors (Lipinski definition) is 1. The molecule has 10 heteroatoms. The third-order valence-corrected chi connectivity index (χ3v) is 4.44. The summed E-state index contributed by atoms with van der Waals surface area (Å²) in [5, 5.41) is 13.7. The number of benzene rings is 2. The van der Waals surface area contributed by atoms with Crippen LogP contribution in [0.4, 0.5) is 24.5 Å². The van der Waals surface area contributed by atoms with Gasteiger partial charge in [0.1, 0.15) is 11.4 Å². The van der Waals surface area contributed by atoms with Gasteiger partial charge in [-0.1, -0.05) is 18.2 Å². The molecule has 2 aromatic rings. The molecule has 156 valence electrons. The molecule has 0 heterocycles. The summed E-state index contributed by atoms with van der Waals surface area (Å²) in [5.74, 6) is -0.339. The molecule has 7 nitrogen and oxygen atoms in total. The number of carbonyl (C=O) groups is 1. The third kappa shape index (κ3) is 5.44. The predicted octanol–water partition coefficient (Wildman–Crippen LogP) is 4.08. The van der Waals surface area contributed by atoms with E-state index in [2.05, 4.69) is 5.32 Å². The standard InChI is InChI=1S/C19H20F3N3O4/c1-12(24(2)11-13-6-4-5-7-15(13)19(20,21)22)18(26)23-16-9-8-14(29-3)10-17(16)25(27)28/h4-10,12H,11H2,1-3H3,(H,23,26). The number of anilines is 1. The highest BCUT2D eigenvalue weighted by Crippen LogP contribution is 2.33. The fourth-order valence-corrected chi connectivity index (χ4v) is 2.67. The van der Waals surface area contributed by atoms with Crippen molar-refractivity contribution in [3.63, 3.8) is 0 Å². The smallest absolute Gasteiger partial charge is 0.416 e. The maximum absolute atomic E-state index is 13.2. The number of alkyl halides is 3. The van der Waals surface area contributed by atoms with Crippen molar-refractivity contribution >= 4 is 17.3 Å². The van der Waals surface area contributed by atoms with Gasteiger partial charge >= 0.3 is 6.18 Å². The molecule has 0 saturated carbocycles. The number of nitro groups is 1. The van der Waals surface area contributed by atoms with E-state index in [4.69, 9.17) is 4.74 Å². The van der Waals surface area contributed by atoms with Crippen molar-refractivity contribution in [3.8, 4) is 5.75 Å². The minimum absolute atomic E-state index is 0.0255. The van der Waals surface area contributed by atoms with Crippen LogP contribution in [0.1, 0.15) is 18.1 Å². The van der Waals surface area contributed by atoms with Crippen molar-refractivity contribution in [2.24, 2.45) is 0 Å². The third-order valence-electron chi connectivity index (χ3n) is 4.44. The summed E-state index contributed by atoms with van der Waals surface area (Å²) in [6.45, 7) is 1.37. The fourth-order valence-electron chi connectivity index (χ4n) is 2.67. The Bertz CT molecular complexity index is 903. The lowest BCUT2D eigenvalue weighted by atomic mass is 10.1. The quantitative estimate of drug-likeness (QED) is 0.548. The van der Waals surface area contributed by atoms with Crippen LogP contribution in [-0.4, -0.2) is 35.9 Å². The Morgan fingerprint density at radius 3 is 2.52 bits per heavy atom.